The fraction of sp³-hybridized carbons (Fsp3) is 0.375. The van der Waals surface area contributed by atoms with E-state index in [9.17, 15) is 26.3 Å². The Hall–Kier alpha value is -4.32. The Morgan fingerprint density at radius 2 is 0.593 bits per heavy atom. The highest BCUT2D eigenvalue weighted by Crippen LogP contribution is 2.27. The molecular weight excluding hydrogens is 691 g/mol. The number of aryl methyl sites for hydroxylation is 9. The minimum atomic E-state index is -0.736. The molecule has 294 valence electrons. The molecule has 6 heteroatoms. The van der Waals surface area contributed by atoms with Crippen LogP contribution in [0, 0.1) is 116 Å². The summed E-state index contributed by atoms with van der Waals surface area (Å²) >= 11 is 0. The van der Waals surface area contributed by atoms with Crippen LogP contribution < -0.4 is 0 Å². The zero-order valence-corrected chi connectivity index (χ0v) is 34.3. The van der Waals surface area contributed by atoms with Crippen molar-refractivity contribution in [3.8, 4) is 0 Å². The first kappa shape index (κ1) is 47.7. The van der Waals surface area contributed by atoms with Crippen LogP contribution in [0.3, 0.4) is 0 Å². The van der Waals surface area contributed by atoms with Crippen molar-refractivity contribution in [3.63, 3.8) is 0 Å². The highest BCUT2D eigenvalue weighted by atomic mass is 19.2. The molecule has 0 nitrogen and oxygen atoms in total. The minimum Gasteiger partial charge on any atom is -0.207 e. The molecule has 0 atom stereocenters. The molecule has 0 amide bonds. The van der Waals surface area contributed by atoms with Crippen LogP contribution in [0.15, 0.2) is 84.9 Å². The Bertz CT molecular complexity index is 1720. The topological polar surface area (TPSA) is 0 Å². The highest BCUT2D eigenvalue weighted by Gasteiger charge is 2.13. The van der Waals surface area contributed by atoms with Gasteiger partial charge in [-0.2, -0.15) is 0 Å². The first-order chi connectivity index (χ1) is 25.2. The van der Waals surface area contributed by atoms with Gasteiger partial charge in [-0.15, -0.1) is 0 Å². The number of rotatable bonds is 0. The zero-order valence-electron chi connectivity index (χ0n) is 34.3. The first-order valence-electron chi connectivity index (χ1n) is 18.5. The second kappa shape index (κ2) is 24.2. The van der Waals surface area contributed by atoms with Crippen LogP contribution >= 0.6 is 0 Å². The third-order valence-corrected chi connectivity index (χ3v) is 9.07. The maximum absolute atomic E-state index is 12.6. The van der Waals surface area contributed by atoms with Crippen LogP contribution in [0.2, 0.25) is 0 Å². The van der Waals surface area contributed by atoms with E-state index >= 15 is 0 Å². The molecule has 5 aromatic carbocycles. The summed E-state index contributed by atoms with van der Waals surface area (Å²) in [5, 5.41) is 0. The second-order valence-corrected chi connectivity index (χ2v) is 14.7. The average molecular weight is 751 g/mol. The van der Waals surface area contributed by atoms with E-state index in [2.05, 4.69) is 52.0 Å². The molecule has 0 aliphatic heterocycles. The van der Waals surface area contributed by atoms with Gasteiger partial charge >= 0.3 is 0 Å². The smallest absolute Gasteiger partial charge is 0.161 e. The number of benzene rings is 5. The van der Waals surface area contributed by atoms with Gasteiger partial charge in [0.25, 0.3) is 0 Å². The van der Waals surface area contributed by atoms with Crippen LogP contribution in [0.4, 0.5) is 26.3 Å². The largest absolute Gasteiger partial charge is 0.207 e. The van der Waals surface area contributed by atoms with E-state index in [1.807, 2.05) is 26.0 Å². The first-order valence-corrected chi connectivity index (χ1v) is 18.5. The molecule has 0 heterocycles. The fourth-order valence-corrected chi connectivity index (χ4v) is 4.97. The molecule has 0 unspecified atom stereocenters. The van der Waals surface area contributed by atoms with Gasteiger partial charge in [-0.25, -0.2) is 26.3 Å². The molecule has 54 heavy (non-hydrogen) atoms. The lowest BCUT2D eigenvalue weighted by molar-refractivity contribution is 0.308. The monoisotopic (exact) mass is 750 g/mol. The van der Waals surface area contributed by atoms with Gasteiger partial charge in [-0.1, -0.05) is 111 Å². The van der Waals surface area contributed by atoms with Crippen LogP contribution in [0.25, 0.3) is 0 Å². The molecule has 6 rings (SSSR count). The SMILES string of the molecule is CC1CCC(C)CC1.Cc1cc(F)c(C)c(F)c1.Cc1ccc(C)c(F)c1.Cc1ccc(C)c(F)c1.Cc1ccc(C)c(F)c1F.Cc1ccc(C)cc1. The molecule has 0 spiro atoms. The van der Waals surface area contributed by atoms with Crippen molar-refractivity contribution < 1.29 is 26.3 Å². The summed E-state index contributed by atoms with van der Waals surface area (Å²) in [6, 6.07) is 24.7. The van der Waals surface area contributed by atoms with Crippen LogP contribution in [-0.4, -0.2) is 0 Å². The summed E-state index contributed by atoms with van der Waals surface area (Å²) in [4.78, 5) is 0. The van der Waals surface area contributed by atoms with E-state index in [-0.39, 0.29) is 17.2 Å². The van der Waals surface area contributed by atoms with Crippen molar-refractivity contribution in [2.24, 2.45) is 11.8 Å². The Morgan fingerprint density at radius 1 is 0.333 bits per heavy atom. The van der Waals surface area contributed by atoms with Crippen molar-refractivity contribution in [1.82, 2.24) is 0 Å². The van der Waals surface area contributed by atoms with E-state index < -0.39 is 23.3 Å². The van der Waals surface area contributed by atoms with Gasteiger partial charge < -0.3 is 0 Å². The number of halogens is 6. The standard InChI is InChI=1S/2C8H8F2.2C8H9F.C8H16.C8H10/c1-5-3-7(9)6(2)8(10)4-5;1-5-3-4-6(2)8(10)7(5)9;2*1-6-3-4-7(2)8(9)5-6;2*1-7-3-5-8(2)6-4-7/h2*3-4H,1-2H3;2*3-5H,1-2H3;7-8H,3-6H2,1-2H3;3-6H,1-2H3. The quantitative estimate of drug-likeness (QED) is 0.138. The molecule has 5 aromatic rings. The lowest BCUT2D eigenvalue weighted by atomic mass is 9.84. The van der Waals surface area contributed by atoms with Gasteiger partial charge in [0, 0.05) is 5.56 Å². The maximum atomic E-state index is 12.6. The summed E-state index contributed by atoms with van der Waals surface area (Å²) in [7, 11) is 0. The molecule has 1 aliphatic rings. The van der Waals surface area contributed by atoms with Gasteiger partial charge in [0.15, 0.2) is 11.6 Å². The molecule has 0 N–H and O–H groups in total. The predicted octanol–water partition coefficient (Wildman–Crippen LogP) is 15.2. The molecule has 0 radical (unpaired) electrons. The van der Waals surface area contributed by atoms with Gasteiger partial charge in [0.05, 0.1) is 0 Å². The van der Waals surface area contributed by atoms with Crippen molar-refractivity contribution in [1.29, 1.82) is 0 Å². The summed E-state index contributed by atoms with van der Waals surface area (Å²) < 4.78 is 75.6. The van der Waals surface area contributed by atoms with Gasteiger partial charge in [0.1, 0.15) is 23.3 Å². The number of hydrogen-bond acceptors (Lipinski definition) is 0. The Kier molecular flexibility index (Phi) is 21.3. The van der Waals surface area contributed by atoms with Crippen LogP contribution in [0.1, 0.15) is 95.2 Å². The van der Waals surface area contributed by atoms with Crippen molar-refractivity contribution in [3.05, 3.63) is 175 Å². The van der Waals surface area contributed by atoms with E-state index in [4.69, 9.17) is 0 Å². The summed E-state index contributed by atoms with van der Waals surface area (Å²) in [6.07, 6.45) is 5.89. The summed E-state index contributed by atoms with van der Waals surface area (Å²) in [5.74, 6) is -0.614. The fourth-order valence-electron chi connectivity index (χ4n) is 4.97. The van der Waals surface area contributed by atoms with Crippen molar-refractivity contribution >= 4 is 0 Å². The van der Waals surface area contributed by atoms with Crippen molar-refractivity contribution in [2.75, 3.05) is 0 Å². The molecule has 1 fully saturated rings. The van der Waals surface area contributed by atoms with Gasteiger partial charge in [0.2, 0.25) is 0 Å². The van der Waals surface area contributed by atoms with E-state index in [0.29, 0.717) is 27.8 Å². The average Bonchev–Trinajstić information content (AvgIpc) is 3.12. The summed E-state index contributed by atoms with van der Waals surface area (Å²) in [6.45, 7) is 22.4. The lowest BCUT2D eigenvalue weighted by Gasteiger charge is -2.22. The molecule has 0 aromatic heterocycles. The van der Waals surface area contributed by atoms with Crippen LogP contribution in [0.5, 0.6) is 0 Å². The molecule has 0 bridgehead atoms. The molecule has 1 aliphatic carbocycles. The third-order valence-electron chi connectivity index (χ3n) is 9.07. The molecular formula is C48H60F6. The van der Waals surface area contributed by atoms with E-state index in [0.717, 1.165) is 23.0 Å². The van der Waals surface area contributed by atoms with Crippen LogP contribution in [-0.2, 0) is 0 Å². The van der Waals surface area contributed by atoms with Gasteiger partial charge in [-0.05, 0) is 144 Å². The maximum Gasteiger partial charge on any atom is 0.161 e. The van der Waals surface area contributed by atoms with Gasteiger partial charge in [-0.3, -0.25) is 0 Å². The van der Waals surface area contributed by atoms with E-state index in [1.165, 1.54) is 81.8 Å². The normalized spacial score (nSPS) is 14.2. The lowest BCUT2D eigenvalue weighted by Crippen LogP contribution is -2.08. The predicted molar refractivity (Wildman–Crippen MR) is 216 cm³/mol. The highest BCUT2D eigenvalue weighted by molar-refractivity contribution is 5.25. The summed E-state index contributed by atoms with van der Waals surface area (Å²) in [5.41, 5.74) is 7.42. The second-order valence-electron chi connectivity index (χ2n) is 14.7. The van der Waals surface area contributed by atoms with E-state index in [1.54, 1.807) is 45.0 Å². The molecule has 1 saturated carbocycles. The third kappa shape index (κ3) is 18.6. The zero-order chi connectivity index (χ0) is 41.1. The number of hydrogen-bond donors (Lipinski definition) is 0. The molecule has 0 saturated heterocycles. The minimum absolute atomic E-state index is 0.0885. The Labute approximate surface area is 321 Å². The Balaban J connectivity index is 0.000000325. The van der Waals surface area contributed by atoms with Crippen molar-refractivity contribution in [2.45, 2.75) is 109 Å². The Morgan fingerprint density at radius 3 is 0.870 bits per heavy atom.